The fraction of sp³-hybridized carbons (Fsp3) is 0. The first-order valence-electron chi connectivity index (χ1n) is 22.5. The Hall–Kier alpha value is -8.52. The summed E-state index contributed by atoms with van der Waals surface area (Å²) in [7, 11) is 0. The molecule has 0 spiro atoms. The van der Waals surface area contributed by atoms with Crippen LogP contribution >= 0.6 is 0 Å². The summed E-state index contributed by atoms with van der Waals surface area (Å²) >= 11 is 0. The number of anilines is 3. The first-order valence-corrected chi connectivity index (χ1v) is 22.5. The van der Waals surface area contributed by atoms with Gasteiger partial charge in [0.2, 0.25) is 0 Å². The van der Waals surface area contributed by atoms with E-state index in [4.69, 9.17) is 0 Å². The quantitative estimate of drug-likeness (QED) is 0.151. The molecule has 13 rings (SSSR count). The SMILES string of the molecule is c1ccc(-c2cc(-c3ccc(N(c4cc5ccccc5c5ccccc45)c4cc5ccccc5c5ccccc45)cc3)c3c4ccccc4c4ccccc4c3c2-c2ccccc2)cc1. The number of rotatable bonds is 6. The maximum Gasteiger partial charge on any atom is 0.0546 e. The molecule has 1 heteroatoms. The van der Waals surface area contributed by atoms with Gasteiger partial charge in [0.15, 0.2) is 0 Å². The molecule has 0 saturated carbocycles. The minimum absolute atomic E-state index is 1.10. The first kappa shape index (κ1) is 37.1. The van der Waals surface area contributed by atoms with Crippen molar-refractivity contribution in [3.63, 3.8) is 0 Å². The summed E-state index contributed by atoms with van der Waals surface area (Å²) in [5.41, 5.74) is 10.7. The molecular formula is C64H41N. The van der Waals surface area contributed by atoms with Crippen LogP contribution in [0, 0.1) is 0 Å². The van der Waals surface area contributed by atoms with Crippen molar-refractivity contribution >= 4 is 92.5 Å². The lowest BCUT2D eigenvalue weighted by molar-refractivity contribution is 1.32. The first-order chi connectivity index (χ1) is 32.3. The smallest absolute Gasteiger partial charge is 0.0546 e. The summed E-state index contributed by atoms with van der Waals surface area (Å²) < 4.78 is 0. The standard InChI is InChI=1S/C64H41N/c1-3-19-42(20-4-1)58-41-59(63-56-33-17-13-29-52(56)53-30-14-18-34-57(53)64(63)62(58)44-21-5-2-6-22-44)43-35-37-47(38-36-43)65(60-39-45-23-7-9-25-48(45)50-27-11-15-31-54(50)60)61-40-46-24-8-10-26-49(46)51-28-12-16-32-55(51)61/h1-41H. The van der Waals surface area contributed by atoms with Gasteiger partial charge in [0.1, 0.15) is 0 Å². The van der Waals surface area contributed by atoms with Gasteiger partial charge in [0.05, 0.1) is 11.4 Å². The third kappa shape index (κ3) is 5.94. The zero-order valence-electron chi connectivity index (χ0n) is 35.6. The number of benzene rings is 13. The highest BCUT2D eigenvalue weighted by molar-refractivity contribution is 6.33. The van der Waals surface area contributed by atoms with Crippen LogP contribution in [0.15, 0.2) is 249 Å². The van der Waals surface area contributed by atoms with Crippen LogP contribution in [0.5, 0.6) is 0 Å². The van der Waals surface area contributed by atoms with E-state index in [1.807, 2.05) is 0 Å². The van der Waals surface area contributed by atoms with Crippen molar-refractivity contribution in [3.8, 4) is 33.4 Å². The van der Waals surface area contributed by atoms with Crippen LogP contribution < -0.4 is 4.90 Å². The molecule has 0 N–H and O–H groups in total. The van der Waals surface area contributed by atoms with Gasteiger partial charge in [0.25, 0.3) is 0 Å². The summed E-state index contributed by atoms with van der Waals surface area (Å²) in [6, 6.07) is 91.8. The molecule has 1 nitrogen and oxygen atoms in total. The van der Waals surface area contributed by atoms with E-state index < -0.39 is 0 Å². The molecule has 302 valence electrons. The van der Waals surface area contributed by atoms with Gasteiger partial charge in [-0.1, -0.05) is 218 Å². The molecule has 0 amide bonds. The van der Waals surface area contributed by atoms with Crippen LogP contribution in [-0.2, 0) is 0 Å². The molecule has 0 aromatic heterocycles. The van der Waals surface area contributed by atoms with Gasteiger partial charge >= 0.3 is 0 Å². The van der Waals surface area contributed by atoms with Gasteiger partial charge in [-0.25, -0.2) is 0 Å². The third-order valence-electron chi connectivity index (χ3n) is 13.6. The topological polar surface area (TPSA) is 3.24 Å². The summed E-state index contributed by atoms with van der Waals surface area (Å²) in [5.74, 6) is 0. The van der Waals surface area contributed by atoms with Gasteiger partial charge in [-0.05, 0) is 128 Å². The van der Waals surface area contributed by atoms with Gasteiger partial charge < -0.3 is 4.90 Å². The highest BCUT2D eigenvalue weighted by atomic mass is 15.1. The fourth-order valence-electron chi connectivity index (χ4n) is 10.7. The number of hydrogen-bond donors (Lipinski definition) is 0. The molecule has 0 unspecified atom stereocenters. The van der Waals surface area contributed by atoms with Crippen LogP contribution in [0.3, 0.4) is 0 Å². The monoisotopic (exact) mass is 823 g/mol. The van der Waals surface area contributed by atoms with E-state index in [0.29, 0.717) is 0 Å². The van der Waals surface area contributed by atoms with Crippen molar-refractivity contribution in [2.45, 2.75) is 0 Å². The lowest BCUT2D eigenvalue weighted by atomic mass is 9.81. The van der Waals surface area contributed by atoms with E-state index in [9.17, 15) is 0 Å². The van der Waals surface area contributed by atoms with Crippen molar-refractivity contribution in [2.75, 3.05) is 4.90 Å². The Morgan fingerprint density at radius 3 is 1.11 bits per heavy atom. The maximum atomic E-state index is 2.50. The molecule has 0 radical (unpaired) electrons. The van der Waals surface area contributed by atoms with Gasteiger partial charge in [-0.15, -0.1) is 0 Å². The van der Waals surface area contributed by atoms with E-state index in [-0.39, 0.29) is 0 Å². The van der Waals surface area contributed by atoms with Crippen LogP contribution in [0.1, 0.15) is 0 Å². The third-order valence-corrected chi connectivity index (χ3v) is 13.6. The molecule has 0 saturated heterocycles. The van der Waals surface area contributed by atoms with Crippen LogP contribution in [0.4, 0.5) is 17.1 Å². The van der Waals surface area contributed by atoms with E-state index in [0.717, 1.165) is 17.1 Å². The van der Waals surface area contributed by atoms with Gasteiger partial charge in [0, 0.05) is 16.5 Å². The normalized spacial score (nSPS) is 11.7. The Balaban J connectivity index is 1.12. The Morgan fingerprint density at radius 1 is 0.231 bits per heavy atom. The average Bonchev–Trinajstić information content (AvgIpc) is 3.39. The van der Waals surface area contributed by atoms with Crippen LogP contribution in [0.2, 0.25) is 0 Å². The Bertz CT molecular complexity index is 3860. The minimum atomic E-state index is 1.10. The lowest BCUT2D eigenvalue weighted by Crippen LogP contribution is -2.11. The van der Waals surface area contributed by atoms with Gasteiger partial charge in [-0.3, -0.25) is 0 Å². The summed E-state index contributed by atoms with van der Waals surface area (Å²) in [5, 5.41) is 17.4. The number of hydrogen-bond acceptors (Lipinski definition) is 1. The predicted molar refractivity (Wildman–Crippen MR) is 280 cm³/mol. The molecule has 0 aliphatic carbocycles. The van der Waals surface area contributed by atoms with Crippen molar-refractivity contribution < 1.29 is 0 Å². The van der Waals surface area contributed by atoms with Gasteiger partial charge in [-0.2, -0.15) is 0 Å². The van der Waals surface area contributed by atoms with Crippen molar-refractivity contribution in [2.24, 2.45) is 0 Å². The number of fused-ring (bicyclic) bond motifs is 12. The Morgan fingerprint density at radius 2 is 0.600 bits per heavy atom. The largest absolute Gasteiger partial charge is 0.309 e. The molecule has 0 aliphatic heterocycles. The van der Waals surface area contributed by atoms with Crippen molar-refractivity contribution in [1.29, 1.82) is 0 Å². The molecule has 0 aliphatic rings. The maximum absolute atomic E-state index is 2.50. The molecule has 0 heterocycles. The molecule has 65 heavy (non-hydrogen) atoms. The van der Waals surface area contributed by atoms with Crippen molar-refractivity contribution in [1.82, 2.24) is 0 Å². The predicted octanol–water partition coefficient (Wildman–Crippen LogP) is 18.2. The Labute approximate surface area is 377 Å². The van der Waals surface area contributed by atoms with E-state index >= 15 is 0 Å². The molecule has 0 fully saturated rings. The summed E-state index contributed by atoms with van der Waals surface area (Å²) in [6.07, 6.45) is 0. The minimum Gasteiger partial charge on any atom is -0.309 e. The highest BCUT2D eigenvalue weighted by Gasteiger charge is 2.24. The zero-order valence-corrected chi connectivity index (χ0v) is 35.6. The van der Waals surface area contributed by atoms with E-state index in [1.165, 1.54) is 109 Å². The second kappa shape index (κ2) is 15.1. The molecule has 13 aromatic carbocycles. The number of nitrogens with zero attached hydrogens (tertiary/aromatic N) is 1. The van der Waals surface area contributed by atoms with Crippen LogP contribution in [-0.4, -0.2) is 0 Å². The molecule has 0 bridgehead atoms. The molecule has 0 atom stereocenters. The summed E-state index contributed by atoms with van der Waals surface area (Å²) in [6.45, 7) is 0. The fourth-order valence-corrected chi connectivity index (χ4v) is 10.7. The van der Waals surface area contributed by atoms with E-state index in [1.54, 1.807) is 0 Å². The molecular weight excluding hydrogens is 783 g/mol. The zero-order chi connectivity index (χ0) is 42.8. The van der Waals surface area contributed by atoms with Crippen LogP contribution in [0.25, 0.3) is 109 Å². The highest BCUT2D eigenvalue weighted by Crippen LogP contribution is 2.50. The second-order valence-corrected chi connectivity index (χ2v) is 17.1. The lowest BCUT2D eigenvalue weighted by Gasteiger charge is -2.29. The second-order valence-electron chi connectivity index (χ2n) is 17.1. The molecule has 13 aromatic rings. The van der Waals surface area contributed by atoms with Crippen molar-refractivity contribution in [3.05, 3.63) is 249 Å². The summed E-state index contributed by atoms with van der Waals surface area (Å²) in [4.78, 5) is 2.50. The Kier molecular flexibility index (Phi) is 8.60. The van der Waals surface area contributed by atoms with E-state index in [2.05, 4.69) is 254 Å². The average molecular weight is 824 g/mol.